The molecule has 1 aromatic heterocycles. The summed E-state index contributed by atoms with van der Waals surface area (Å²) in [4.78, 5) is 17.3. The van der Waals surface area contributed by atoms with Crippen LogP contribution >= 0.6 is 12.4 Å². The minimum atomic E-state index is 0. The fourth-order valence-corrected chi connectivity index (χ4v) is 1.36. The molecule has 76 valence electrons. The Balaban J connectivity index is 0.000000980. The number of carbonyl (C=O) groups is 1. The second kappa shape index (κ2) is 4.93. The number of hydrogen-bond donors (Lipinski definition) is 1. The molecule has 0 radical (unpaired) electrons. The van der Waals surface area contributed by atoms with Crippen molar-refractivity contribution in [2.75, 3.05) is 24.5 Å². The highest BCUT2D eigenvalue weighted by Gasteiger charge is 2.19. The summed E-state index contributed by atoms with van der Waals surface area (Å²) >= 11 is 0. The van der Waals surface area contributed by atoms with Crippen molar-refractivity contribution < 1.29 is 4.79 Å². The molecule has 1 aliphatic heterocycles. The number of hydrogen-bond acceptors (Lipinski definition) is 3. The maximum absolute atomic E-state index is 11.4. The van der Waals surface area contributed by atoms with E-state index in [0.29, 0.717) is 13.1 Å². The number of amides is 1. The molecule has 0 bridgehead atoms. The van der Waals surface area contributed by atoms with Crippen molar-refractivity contribution in [3.63, 3.8) is 0 Å². The van der Waals surface area contributed by atoms with Gasteiger partial charge in [0.25, 0.3) is 0 Å². The first-order valence-corrected chi connectivity index (χ1v) is 4.30. The summed E-state index contributed by atoms with van der Waals surface area (Å²) in [6.07, 6.45) is 1.70. The molecule has 1 aromatic rings. The largest absolute Gasteiger partial charge is 0.307 e. The molecule has 0 aromatic carbocycles. The predicted octanol–water partition coefficient (Wildman–Crippen LogP) is 0.440. The van der Waals surface area contributed by atoms with Gasteiger partial charge in [-0.1, -0.05) is 6.07 Å². The van der Waals surface area contributed by atoms with Gasteiger partial charge in [0.05, 0.1) is 6.54 Å². The first kappa shape index (κ1) is 10.9. The van der Waals surface area contributed by atoms with E-state index in [2.05, 4.69) is 10.3 Å². The van der Waals surface area contributed by atoms with Crippen LogP contribution in [0.1, 0.15) is 0 Å². The first-order valence-electron chi connectivity index (χ1n) is 4.30. The third kappa shape index (κ3) is 2.21. The van der Waals surface area contributed by atoms with Crippen molar-refractivity contribution >= 4 is 24.1 Å². The fraction of sp³-hybridized carbons (Fsp3) is 0.333. The SMILES string of the molecule is Cl.O=C1CNCCN1c1ccccn1. The molecule has 0 spiro atoms. The van der Waals surface area contributed by atoms with Gasteiger partial charge in [-0.3, -0.25) is 9.69 Å². The van der Waals surface area contributed by atoms with Crippen molar-refractivity contribution in [2.45, 2.75) is 0 Å². The maximum Gasteiger partial charge on any atom is 0.242 e. The van der Waals surface area contributed by atoms with Crippen LogP contribution in [-0.4, -0.2) is 30.5 Å². The number of pyridine rings is 1. The van der Waals surface area contributed by atoms with Crippen molar-refractivity contribution in [2.24, 2.45) is 0 Å². The van der Waals surface area contributed by atoms with E-state index < -0.39 is 0 Å². The summed E-state index contributed by atoms with van der Waals surface area (Å²) < 4.78 is 0. The van der Waals surface area contributed by atoms with Gasteiger partial charge in [-0.05, 0) is 12.1 Å². The lowest BCUT2D eigenvalue weighted by Crippen LogP contribution is -2.48. The fourth-order valence-electron chi connectivity index (χ4n) is 1.36. The Morgan fingerprint density at radius 3 is 2.93 bits per heavy atom. The van der Waals surface area contributed by atoms with Crippen LogP contribution in [0.2, 0.25) is 0 Å². The highest BCUT2D eigenvalue weighted by Crippen LogP contribution is 2.09. The lowest BCUT2D eigenvalue weighted by atomic mass is 10.3. The minimum Gasteiger partial charge on any atom is -0.307 e. The van der Waals surface area contributed by atoms with Gasteiger partial charge in [-0.15, -0.1) is 12.4 Å². The molecule has 0 atom stereocenters. The Labute approximate surface area is 88.7 Å². The summed E-state index contributed by atoms with van der Waals surface area (Å²) in [5.41, 5.74) is 0. The normalized spacial score (nSPS) is 16.3. The van der Waals surface area contributed by atoms with E-state index in [1.807, 2.05) is 18.2 Å². The summed E-state index contributed by atoms with van der Waals surface area (Å²) in [5, 5.41) is 3.02. The number of carbonyl (C=O) groups excluding carboxylic acids is 1. The number of halogens is 1. The van der Waals surface area contributed by atoms with Crippen LogP contribution in [0.4, 0.5) is 5.82 Å². The van der Waals surface area contributed by atoms with Gasteiger partial charge >= 0.3 is 0 Å². The molecule has 1 amide bonds. The van der Waals surface area contributed by atoms with Gasteiger partial charge in [0.15, 0.2) is 0 Å². The Kier molecular flexibility index (Phi) is 3.85. The zero-order valence-electron chi connectivity index (χ0n) is 7.64. The highest BCUT2D eigenvalue weighted by atomic mass is 35.5. The van der Waals surface area contributed by atoms with Gasteiger partial charge in [0.2, 0.25) is 5.91 Å². The molecule has 2 rings (SSSR count). The van der Waals surface area contributed by atoms with Gasteiger partial charge in [-0.25, -0.2) is 4.98 Å². The number of aromatic nitrogens is 1. The van der Waals surface area contributed by atoms with Gasteiger partial charge in [0, 0.05) is 19.3 Å². The Bertz CT molecular complexity index is 304. The number of nitrogens with one attached hydrogen (secondary N) is 1. The van der Waals surface area contributed by atoms with Gasteiger partial charge in [-0.2, -0.15) is 0 Å². The molecule has 1 fully saturated rings. The second-order valence-corrected chi connectivity index (χ2v) is 2.91. The third-order valence-electron chi connectivity index (χ3n) is 2.02. The van der Waals surface area contributed by atoms with E-state index in [9.17, 15) is 4.79 Å². The van der Waals surface area contributed by atoms with E-state index in [-0.39, 0.29) is 18.3 Å². The average molecular weight is 214 g/mol. The van der Waals surface area contributed by atoms with Crippen molar-refractivity contribution in [1.29, 1.82) is 0 Å². The first-order chi connectivity index (χ1) is 6.38. The van der Waals surface area contributed by atoms with Gasteiger partial charge in [0.1, 0.15) is 5.82 Å². The van der Waals surface area contributed by atoms with Crippen LogP contribution in [0, 0.1) is 0 Å². The standard InChI is InChI=1S/C9H11N3O.ClH/c13-9-7-10-5-6-12(9)8-3-1-2-4-11-8;/h1-4,10H,5-7H2;1H. The molecule has 0 saturated carbocycles. The van der Waals surface area contributed by atoms with Crippen LogP contribution in [0.3, 0.4) is 0 Å². The van der Waals surface area contributed by atoms with E-state index in [1.54, 1.807) is 11.1 Å². The summed E-state index contributed by atoms with van der Waals surface area (Å²) in [6, 6.07) is 5.58. The van der Waals surface area contributed by atoms with Crippen molar-refractivity contribution in [1.82, 2.24) is 10.3 Å². The molecule has 4 nitrogen and oxygen atoms in total. The molecule has 2 heterocycles. The van der Waals surface area contributed by atoms with Crippen molar-refractivity contribution in [3.05, 3.63) is 24.4 Å². The van der Waals surface area contributed by atoms with E-state index in [0.717, 1.165) is 12.4 Å². The van der Waals surface area contributed by atoms with Crippen LogP contribution in [0.15, 0.2) is 24.4 Å². The molecule has 0 aliphatic carbocycles. The molecular weight excluding hydrogens is 202 g/mol. The monoisotopic (exact) mass is 213 g/mol. The van der Waals surface area contributed by atoms with E-state index in [1.165, 1.54) is 0 Å². The molecule has 1 saturated heterocycles. The van der Waals surface area contributed by atoms with Crippen molar-refractivity contribution in [3.8, 4) is 0 Å². The number of piperazine rings is 1. The topological polar surface area (TPSA) is 45.2 Å². The Morgan fingerprint density at radius 2 is 2.29 bits per heavy atom. The lowest BCUT2D eigenvalue weighted by Gasteiger charge is -2.26. The molecule has 1 aliphatic rings. The Hall–Kier alpha value is -1.13. The third-order valence-corrected chi connectivity index (χ3v) is 2.02. The van der Waals surface area contributed by atoms with Gasteiger partial charge < -0.3 is 5.32 Å². The van der Waals surface area contributed by atoms with Crippen LogP contribution in [0.25, 0.3) is 0 Å². The number of rotatable bonds is 1. The zero-order chi connectivity index (χ0) is 9.10. The van der Waals surface area contributed by atoms with E-state index in [4.69, 9.17) is 0 Å². The predicted molar refractivity (Wildman–Crippen MR) is 56.7 cm³/mol. The maximum atomic E-state index is 11.4. The number of nitrogens with zero attached hydrogens (tertiary/aromatic N) is 2. The molecular formula is C9H12ClN3O. The summed E-state index contributed by atoms with van der Waals surface area (Å²) in [5.74, 6) is 0.832. The molecule has 0 unspecified atom stereocenters. The molecule has 1 N–H and O–H groups in total. The second-order valence-electron chi connectivity index (χ2n) is 2.91. The number of anilines is 1. The smallest absolute Gasteiger partial charge is 0.242 e. The molecule has 14 heavy (non-hydrogen) atoms. The minimum absolute atomic E-state index is 0. The highest BCUT2D eigenvalue weighted by molar-refractivity contribution is 5.94. The Morgan fingerprint density at radius 1 is 1.43 bits per heavy atom. The zero-order valence-corrected chi connectivity index (χ0v) is 8.46. The quantitative estimate of drug-likeness (QED) is 0.737. The lowest BCUT2D eigenvalue weighted by molar-refractivity contribution is -0.118. The average Bonchev–Trinajstić information content (AvgIpc) is 2.20. The van der Waals surface area contributed by atoms with Crippen LogP contribution in [0.5, 0.6) is 0 Å². The summed E-state index contributed by atoms with van der Waals surface area (Å²) in [7, 11) is 0. The van der Waals surface area contributed by atoms with E-state index >= 15 is 0 Å². The summed E-state index contributed by atoms with van der Waals surface area (Å²) in [6.45, 7) is 1.95. The molecule has 5 heteroatoms. The van der Waals surface area contributed by atoms with Crippen LogP contribution in [-0.2, 0) is 4.79 Å². The van der Waals surface area contributed by atoms with Crippen LogP contribution < -0.4 is 10.2 Å².